The first kappa shape index (κ1) is 2.23. The number of aromatic nitrogens is 2. The summed E-state index contributed by atoms with van der Waals surface area (Å²) in [5.74, 6) is 0. The van der Waals surface area contributed by atoms with Crippen LogP contribution in [0.1, 0.15) is 9.81 Å². The van der Waals surface area contributed by atoms with E-state index in [-0.39, 0.29) is 24.2 Å². The molecule has 1 aromatic heterocycles. The van der Waals surface area contributed by atoms with Crippen molar-refractivity contribution in [2.24, 2.45) is 0 Å². The van der Waals surface area contributed by atoms with Gasteiger partial charge in [0.05, 0.1) is 10.3 Å². The molecule has 1 aromatic rings. The van der Waals surface area contributed by atoms with Gasteiger partial charge in [-0.2, -0.15) is 5.26 Å². The lowest BCUT2D eigenvalue weighted by atomic mass is 10.5. The van der Waals surface area contributed by atoms with E-state index in [4.69, 9.17) is 9.37 Å². The third-order valence-corrected chi connectivity index (χ3v) is 0.541. The fourth-order valence-electron chi connectivity index (χ4n) is 0.262. The van der Waals surface area contributed by atoms with Crippen LogP contribution in [0, 0.1) is 11.3 Å². The Hall–Kier alpha value is -1.43. The van der Waals surface area contributed by atoms with E-state index >= 15 is 0 Å². The number of nitrogens with zero attached hydrogens (tertiary/aromatic N) is 3. The minimum Gasteiger partial charge on any atom is -0.260 e. The average molecular weight is 108 g/mol. The Balaban J connectivity index is 3.35. The van der Waals surface area contributed by atoms with Crippen molar-refractivity contribution in [1.29, 1.82) is 5.26 Å². The van der Waals surface area contributed by atoms with Gasteiger partial charge in [0.25, 0.3) is 0 Å². The second-order valence-corrected chi connectivity index (χ2v) is 1.02. The minimum atomic E-state index is -0.381. The molecule has 3 heteroatoms. The summed E-state index contributed by atoms with van der Waals surface area (Å²) < 4.78 is 20.9. The summed E-state index contributed by atoms with van der Waals surface area (Å²) in [6.07, 6.45) is -1.11. The van der Waals surface area contributed by atoms with E-state index in [0.29, 0.717) is 0 Å². The highest BCUT2D eigenvalue weighted by atomic mass is 14.8. The van der Waals surface area contributed by atoms with Crippen LogP contribution >= 0.6 is 0 Å². The van der Waals surface area contributed by atoms with E-state index in [2.05, 4.69) is 9.97 Å². The van der Waals surface area contributed by atoms with Crippen LogP contribution in [-0.4, -0.2) is 9.97 Å². The molecule has 8 heavy (non-hydrogen) atoms. The maximum Gasteiger partial charge on any atom is 0.158 e. The largest absolute Gasteiger partial charge is 0.260 e. The smallest absolute Gasteiger partial charge is 0.158 e. The first-order valence-electron chi connectivity index (χ1n) is 3.37. The molecule has 0 saturated heterocycles. The molecule has 3 nitrogen and oxygen atoms in total. The zero-order chi connectivity index (χ0) is 8.43. The lowest BCUT2D eigenvalue weighted by Crippen LogP contribution is -1.79. The Morgan fingerprint density at radius 2 is 2.62 bits per heavy atom. The van der Waals surface area contributed by atoms with Crippen LogP contribution in [-0.2, 0) is 0 Å². The van der Waals surface area contributed by atoms with E-state index in [1.807, 2.05) is 0 Å². The van der Waals surface area contributed by atoms with Crippen LogP contribution in [0.15, 0.2) is 18.5 Å². The lowest BCUT2D eigenvalue weighted by Gasteiger charge is -1.79. The van der Waals surface area contributed by atoms with Crippen molar-refractivity contribution in [3.8, 4) is 6.07 Å². The van der Waals surface area contributed by atoms with Gasteiger partial charge in [-0.3, -0.25) is 4.98 Å². The van der Waals surface area contributed by atoms with Crippen LogP contribution in [0.2, 0.25) is 0 Å². The van der Waals surface area contributed by atoms with Gasteiger partial charge in [0.2, 0.25) is 0 Å². The lowest BCUT2D eigenvalue weighted by molar-refractivity contribution is 1.16. The molecule has 0 fully saturated rings. The van der Waals surface area contributed by atoms with E-state index in [9.17, 15) is 0 Å². The summed E-state index contributed by atoms with van der Waals surface area (Å²) in [5, 5.41) is 8.32. The summed E-state index contributed by atoms with van der Waals surface area (Å²) in [4.78, 5) is 6.66. The van der Waals surface area contributed by atoms with Gasteiger partial charge in [-0.05, 0) is 0 Å². The second kappa shape index (κ2) is 2.03. The van der Waals surface area contributed by atoms with Crippen molar-refractivity contribution in [3.63, 3.8) is 0 Å². The highest BCUT2D eigenvalue weighted by Crippen LogP contribution is 1.82. The molecule has 0 radical (unpaired) electrons. The molecule has 0 unspecified atom stereocenters. The maximum atomic E-state index is 8.32. The quantitative estimate of drug-likeness (QED) is 0.481. The van der Waals surface area contributed by atoms with Crippen molar-refractivity contribution in [1.82, 2.24) is 9.97 Å². The Kier molecular flexibility index (Phi) is 0.565. The fourth-order valence-corrected chi connectivity index (χ4v) is 0.262. The number of rotatable bonds is 0. The van der Waals surface area contributed by atoms with E-state index < -0.39 is 0 Å². The summed E-state index contributed by atoms with van der Waals surface area (Å²) >= 11 is 0. The van der Waals surface area contributed by atoms with Gasteiger partial charge >= 0.3 is 0 Å². The molecule has 0 aliphatic heterocycles. The topological polar surface area (TPSA) is 49.6 Å². The molecule has 0 aliphatic carbocycles. The SMILES string of the molecule is [2H]c1nc([2H])c(C#N)nc1[2H]. The van der Waals surface area contributed by atoms with Gasteiger partial charge in [-0.15, -0.1) is 0 Å². The molecular formula is C5H3N3. The van der Waals surface area contributed by atoms with E-state index in [0.717, 1.165) is 0 Å². The molecule has 1 rings (SSSR count). The predicted octanol–water partition coefficient (Wildman–Crippen LogP) is 0.348. The van der Waals surface area contributed by atoms with Crippen molar-refractivity contribution in [2.75, 3.05) is 0 Å². The molecule has 0 N–H and O–H groups in total. The van der Waals surface area contributed by atoms with Gasteiger partial charge < -0.3 is 0 Å². The molecule has 0 atom stereocenters. The zero-order valence-corrected chi connectivity index (χ0v) is 3.84. The average Bonchev–Trinajstić information content (AvgIpc) is 1.97. The van der Waals surface area contributed by atoms with Gasteiger partial charge in [0.1, 0.15) is 6.07 Å². The Morgan fingerprint density at radius 3 is 3.38 bits per heavy atom. The van der Waals surface area contributed by atoms with E-state index in [1.165, 1.54) is 0 Å². The molecule has 0 saturated carbocycles. The molecule has 0 spiro atoms. The van der Waals surface area contributed by atoms with Crippen molar-refractivity contribution in [2.45, 2.75) is 0 Å². The van der Waals surface area contributed by atoms with Crippen LogP contribution < -0.4 is 0 Å². The first-order chi connectivity index (χ1) is 5.15. The Labute approximate surface area is 50.8 Å². The molecule has 0 amide bonds. The Morgan fingerprint density at radius 1 is 1.75 bits per heavy atom. The molecule has 0 aromatic carbocycles. The highest BCUT2D eigenvalue weighted by Gasteiger charge is 1.82. The second-order valence-electron chi connectivity index (χ2n) is 1.02. The van der Waals surface area contributed by atoms with Gasteiger partial charge in [0.15, 0.2) is 5.69 Å². The van der Waals surface area contributed by atoms with Crippen LogP contribution in [0.4, 0.5) is 0 Å². The standard InChI is InChI=1S/C5H3N3/c6-3-5-4-7-1-2-8-5/h1-2,4H/i1D,2D,4D. The Bertz CT molecular complexity index is 330. The monoisotopic (exact) mass is 108 g/mol. The first-order valence-corrected chi connectivity index (χ1v) is 1.87. The maximum absolute atomic E-state index is 8.32. The molecule has 38 valence electrons. The van der Waals surface area contributed by atoms with Gasteiger partial charge in [0, 0.05) is 12.3 Å². The van der Waals surface area contributed by atoms with Crippen LogP contribution in [0.5, 0.6) is 0 Å². The van der Waals surface area contributed by atoms with Crippen LogP contribution in [0.3, 0.4) is 0 Å². The number of nitriles is 1. The molecule has 1 heterocycles. The van der Waals surface area contributed by atoms with Crippen LogP contribution in [0.25, 0.3) is 0 Å². The highest BCUT2D eigenvalue weighted by molar-refractivity contribution is 5.13. The minimum absolute atomic E-state index is 0.217. The molecule has 0 aliphatic rings. The van der Waals surface area contributed by atoms with Crippen molar-refractivity contribution < 1.29 is 4.11 Å². The summed E-state index contributed by atoms with van der Waals surface area (Å²) in [5.41, 5.74) is -0.217. The van der Waals surface area contributed by atoms with Crippen molar-refractivity contribution in [3.05, 3.63) is 24.2 Å². The third kappa shape index (κ3) is 0.793. The predicted molar refractivity (Wildman–Crippen MR) is 26.7 cm³/mol. The van der Waals surface area contributed by atoms with Gasteiger partial charge in [-0.1, -0.05) is 0 Å². The fraction of sp³-hybridized carbons (Fsp3) is 0. The third-order valence-electron chi connectivity index (χ3n) is 0.541. The van der Waals surface area contributed by atoms with Gasteiger partial charge in [-0.25, -0.2) is 4.98 Å². The van der Waals surface area contributed by atoms with Crippen molar-refractivity contribution >= 4 is 0 Å². The van der Waals surface area contributed by atoms with E-state index in [1.54, 1.807) is 6.07 Å². The number of hydrogen-bond acceptors (Lipinski definition) is 3. The summed E-state index contributed by atoms with van der Waals surface area (Å²) in [6, 6.07) is 1.60. The zero-order valence-electron chi connectivity index (χ0n) is 6.84. The summed E-state index contributed by atoms with van der Waals surface area (Å²) in [7, 11) is 0. The normalized spacial score (nSPS) is 13.1. The molecule has 0 bridgehead atoms. The number of hydrogen-bond donors (Lipinski definition) is 0. The molecular weight excluding hydrogens is 102 g/mol. The summed E-state index contributed by atoms with van der Waals surface area (Å²) in [6.45, 7) is 0.